The van der Waals surface area contributed by atoms with Crippen molar-refractivity contribution < 1.29 is 27.9 Å². The molecule has 0 spiro atoms. The molecule has 14 nitrogen and oxygen atoms in total. The molecule has 2 saturated carbocycles. The Morgan fingerprint density at radius 3 is 2.62 bits per heavy atom. The topological polar surface area (TPSA) is 167 Å². The van der Waals surface area contributed by atoms with Crippen LogP contribution in [0, 0.1) is 33.3 Å². The minimum absolute atomic E-state index is 0.0994. The number of rotatable bonds is 13. The number of nitrogens with one attached hydrogen (secondary N) is 3. The molecule has 4 aliphatic carbocycles. The van der Waals surface area contributed by atoms with Crippen molar-refractivity contribution in [1.82, 2.24) is 24.9 Å². The van der Waals surface area contributed by atoms with Crippen LogP contribution in [0.5, 0.6) is 11.5 Å². The number of amides is 1. The fraction of sp³-hybridized carbons (Fsp3) is 0.522. The maximum atomic E-state index is 14.3. The third-order valence-electron chi connectivity index (χ3n) is 13.4. The van der Waals surface area contributed by atoms with Crippen molar-refractivity contribution in [2.75, 3.05) is 51.0 Å². The number of benzene rings is 1. The number of fused-ring (bicyclic) bond motifs is 1. The van der Waals surface area contributed by atoms with E-state index in [-0.39, 0.29) is 40.7 Å². The molecule has 324 valence electrons. The van der Waals surface area contributed by atoms with E-state index in [0.717, 1.165) is 74.1 Å². The second kappa shape index (κ2) is 17.1. The summed E-state index contributed by atoms with van der Waals surface area (Å²) in [6.07, 6.45) is 13.9. The van der Waals surface area contributed by atoms with Crippen LogP contribution in [-0.2, 0) is 8.37 Å². The molecule has 0 bridgehead atoms. The second-order valence-corrected chi connectivity index (χ2v) is 20.6. The molecule has 9 rings (SSSR count). The van der Waals surface area contributed by atoms with Gasteiger partial charge in [-0.1, -0.05) is 42.7 Å². The van der Waals surface area contributed by atoms with E-state index in [1.807, 2.05) is 30.5 Å². The summed E-state index contributed by atoms with van der Waals surface area (Å²) in [5.41, 5.74) is 11.6. The van der Waals surface area contributed by atoms with E-state index in [9.17, 15) is 20.0 Å². The zero-order valence-electron chi connectivity index (χ0n) is 35.3. The molecule has 2 saturated heterocycles. The number of aliphatic hydroxyl groups is 1. The van der Waals surface area contributed by atoms with Gasteiger partial charge in [0.05, 0.1) is 28.9 Å². The van der Waals surface area contributed by atoms with Gasteiger partial charge in [0.2, 0.25) is 0 Å². The number of aromatic nitrogens is 2. The molecule has 1 aromatic carbocycles. The van der Waals surface area contributed by atoms with E-state index in [2.05, 4.69) is 62.0 Å². The predicted molar refractivity (Wildman–Crippen MR) is 235 cm³/mol. The number of piperazine rings is 1. The van der Waals surface area contributed by atoms with Crippen LogP contribution in [-0.4, -0.2) is 83.0 Å². The number of nitrogens with zero attached hydrogens (tertiary/aromatic N) is 4. The number of ether oxygens (including phenoxy) is 1. The molecule has 2 aromatic heterocycles. The minimum Gasteiger partial charge on any atom is -0.455 e. The van der Waals surface area contributed by atoms with E-state index in [0.29, 0.717) is 36.3 Å². The zero-order chi connectivity index (χ0) is 42.3. The zero-order valence-corrected chi connectivity index (χ0v) is 36.2. The van der Waals surface area contributed by atoms with E-state index >= 15 is 0 Å². The quantitative estimate of drug-likeness (QED) is 0.0567. The van der Waals surface area contributed by atoms with Gasteiger partial charge in [0.15, 0.2) is 12.5 Å². The van der Waals surface area contributed by atoms with Crippen molar-refractivity contribution in [1.29, 1.82) is 0 Å². The summed E-state index contributed by atoms with van der Waals surface area (Å²) >= 11 is 0. The lowest BCUT2D eigenvalue weighted by Crippen LogP contribution is -2.47. The average molecular weight is 852 g/mol. The summed E-state index contributed by atoms with van der Waals surface area (Å²) in [4.78, 5) is 38.8. The molecule has 3 aromatic rings. The first kappa shape index (κ1) is 41.5. The Kier molecular flexibility index (Phi) is 11.7. The van der Waals surface area contributed by atoms with Crippen molar-refractivity contribution in [2.24, 2.45) is 23.2 Å². The lowest BCUT2D eigenvalue weighted by atomic mass is 9.63. The Balaban J connectivity index is 0.937. The van der Waals surface area contributed by atoms with Gasteiger partial charge in [0.1, 0.15) is 22.1 Å². The van der Waals surface area contributed by atoms with Crippen molar-refractivity contribution in [2.45, 2.75) is 84.7 Å². The number of H-pyrrole nitrogens is 1. The molecule has 61 heavy (non-hydrogen) atoms. The highest BCUT2D eigenvalue weighted by Crippen LogP contribution is 2.61. The van der Waals surface area contributed by atoms with Crippen LogP contribution in [0.1, 0.15) is 88.9 Å². The Morgan fingerprint density at radius 2 is 1.90 bits per heavy atom. The third-order valence-corrected chi connectivity index (χ3v) is 15.5. The van der Waals surface area contributed by atoms with Crippen LogP contribution in [0.3, 0.4) is 0 Å². The summed E-state index contributed by atoms with van der Waals surface area (Å²) in [6, 6.07) is 9.36. The standard InChI is InChI=1S/C46H57N7O7S/c1-30-20-34(21-30)40-25-46(2,3)14-12-33(40)28-51-16-18-52(19-17-51)35-6-10-39(43(23-35)60-37-22-32-13-15-47-44(32)49-27-37)45(55)50-61(58-29-59-61)38-9-11-41(42(24-38)53(56)57)48-26-31-4-7-36(54)8-5-31/h6,10,13,15,22-24,27,30-31,34,36,48,54H,4-5,7-8,12,14,16-21,25-26,28-29H2,1-3H3,(H,47,49)(H,50,55). The van der Waals surface area contributed by atoms with Crippen molar-refractivity contribution in [3.63, 3.8) is 0 Å². The molecular formula is C46H57N7O7S. The average Bonchev–Trinajstić information content (AvgIpc) is 3.70. The highest BCUT2D eigenvalue weighted by molar-refractivity contribution is 8.28. The summed E-state index contributed by atoms with van der Waals surface area (Å²) < 4.78 is 21.2. The van der Waals surface area contributed by atoms with Gasteiger partial charge in [0.25, 0.3) is 5.91 Å². The summed E-state index contributed by atoms with van der Waals surface area (Å²) in [5.74, 6) is 2.14. The van der Waals surface area contributed by atoms with Gasteiger partial charge in [0, 0.05) is 62.6 Å². The van der Waals surface area contributed by atoms with Crippen molar-refractivity contribution in [3.8, 4) is 11.5 Å². The molecule has 4 N–H and O–H groups in total. The molecule has 0 unspecified atom stereocenters. The number of hydrogen-bond acceptors (Lipinski definition) is 11. The van der Waals surface area contributed by atoms with E-state index in [1.54, 1.807) is 23.4 Å². The van der Waals surface area contributed by atoms with Gasteiger partial charge in [-0.2, -0.15) is 0 Å². The van der Waals surface area contributed by atoms with Crippen LogP contribution in [0.15, 0.2) is 87.7 Å². The smallest absolute Gasteiger partial charge is 0.303 e. The van der Waals surface area contributed by atoms with Crippen LogP contribution in [0.25, 0.3) is 11.0 Å². The third kappa shape index (κ3) is 9.06. The van der Waals surface area contributed by atoms with Crippen LogP contribution >= 0.6 is 10.8 Å². The summed E-state index contributed by atoms with van der Waals surface area (Å²) in [5, 5.41) is 26.2. The maximum absolute atomic E-state index is 14.3. The van der Waals surface area contributed by atoms with Gasteiger partial charge >= 0.3 is 5.70 Å². The SMILES string of the molecule is CC1CC(C2=C(CN3CCN(c4ccc(C(=O)NS5(C6=C=C=C(NCC7CCC(O)CC7)C([N+](=O)[O-])=C6)OCO5)c(Oc5cnc6[nH]ccc6c5)c4)CC3)CCC(C)(C)C2)C1. The molecule has 2 aliphatic heterocycles. The van der Waals surface area contributed by atoms with Crippen molar-refractivity contribution >= 4 is 33.4 Å². The largest absolute Gasteiger partial charge is 0.455 e. The first-order valence-corrected chi connectivity index (χ1v) is 23.3. The molecule has 0 atom stereocenters. The Labute approximate surface area is 358 Å². The number of aromatic amines is 1. The second-order valence-electron chi connectivity index (χ2n) is 18.5. The molecule has 0 radical (unpaired) electrons. The number of hydrogen-bond donors (Lipinski definition) is 4. The van der Waals surface area contributed by atoms with E-state index in [4.69, 9.17) is 13.1 Å². The minimum atomic E-state index is -2.95. The van der Waals surface area contributed by atoms with E-state index in [1.165, 1.54) is 38.2 Å². The van der Waals surface area contributed by atoms with E-state index < -0.39 is 21.6 Å². The van der Waals surface area contributed by atoms with Crippen LogP contribution < -0.4 is 19.7 Å². The molecular weight excluding hydrogens is 795 g/mol. The number of aliphatic hydroxyl groups excluding tert-OH is 1. The highest BCUT2D eigenvalue weighted by atomic mass is 32.3. The number of anilines is 1. The number of allylic oxidation sites excluding steroid dienone is 2. The normalized spacial score (nSPS) is 26.6. The fourth-order valence-corrected chi connectivity index (χ4v) is 11.3. The first-order valence-electron chi connectivity index (χ1n) is 21.8. The highest BCUT2D eigenvalue weighted by Gasteiger charge is 2.40. The lowest BCUT2D eigenvalue weighted by molar-refractivity contribution is -0.421. The molecule has 4 fully saturated rings. The summed E-state index contributed by atoms with van der Waals surface area (Å²) in [7, 11) is -2.95. The first-order chi connectivity index (χ1) is 29.4. The van der Waals surface area contributed by atoms with Crippen LogP contribution in [0.4, 0.5) is 5.69 Å². The van der Waals surface area contributed by atoms with Gasteiger partial charge in [-0.3, -0.25) is 19.8 Å². The fourth-order valence-electron chi connectivity index (χ4n) is 9.70. The number of pyridine rings is 1. The molecule has 15 heteroatoms. The van der Waals surface area contributed by atoms with Gasteiger partial charge in [-0.15, -0.1) is 0 Å². The van der Waals surface area contributed by atoms with Gasteiger partial charge in [-0.25, -0.2) is 18.1 Å². The molecule has 6 aliphatic rings. The summed E-state index contributed by atoms with van der Waals surface area (Å²) in [6.45, 7) is 12.2. The monoisotopic (exact) mass is 851 g/mol. The maximum Gasteiger partial charge on any atom is 0.303 e. The predicted octanol–water partition coefficient (Wildman–Crippen LogP) is 8.15. The number of nitro groups is 1. The van der Waals surface area contributed by atoms with Crippen molar-refractivity contribution in [3.05, 3.63) is 103 Å². The Hall–Kier alpha value is -4.85. The Bertz CT molecular complexity index is 2350. The number of carbonyl (C=O) groups excluding carboxylic acids is 1. The van der Waals surface area contributed by atoms with Crippen LogP contribution in [0.2, 0.25) is 0 Å². The lowest BCUT2D eigenvalue weighted by Gasteiger charge is -2.48. The number of carbonyl (C=O) groups is 1. The Morgan fingerprint density at radius 1 is 1.11 bits per heavy atom. The van der Waals surface area contributed by atoms with Gasteiger partial charge in [-0.05, 0) is 117 Å². The molecule has 4 heterocycles. The molecule has 1 amide bonds. The van der Waals surface area contributed by atoms with Gasteiger partial charge < -0.3 is 25.0 Å².